The summed E-state index contributed by atoms with van der Waals surface area (Å²) in [6, 6.07) is 11.5. The van der Waals surface area contributed by atoms with Crippen LogP contribution in [0.15, 0.2) is 41.6 Å². The van der Waals surface area contributed by atoms with Crippen molar-refractivity contribution in [2.45, 2.75) is 27.7 Å². The van der Waals surface area contributed by atoms with Gasteiger partial charge in [0.2, 0.25) is 5.91 Å². The molecule has 0 saturated carbocycles. The first kappa shape index (κ1) is 18.6. The fourth-order valence-electron chi connectivity index (χ4n) is 3.61. The summed E-state index contributed by atoms with van der Waals surface area (Å²) in [5, 5.41) is 15.4. The van der Waals surface area contributed by atoms with Crippen molar-refractivity contribution in [3.8, 4) is 0 Å². The monoisotopic (exact) mass is 365 g/mol. The highest BCUT2D eigenvalue weighted by atomic mass is 16.4. The van der Waals surface area contributed by atoms with Gasteiger partial charge >= 0.3 is 0 Å². The van der Waals surface area contributed by atoms with Gasteiger partial charge in [-0.25, -0.2) is 0 Å². The number of anilines is 2. The molecule has 0 aromatic heterocycles. The molecule has 0 radical (unpaired) electrons. The Bertz CT molecular complexity index is 909. The van der Waals surface area contributed by atoms with E-state index in [1.165, 1.54) is 4.90 Å². The van der Waals surface area contributed by atoms with E-state index < -0.39 is 11.8 Å². The number of nitrogens with one attached hydrogen (secondary N) is 1. The lowest BCUT2D eigenvalue weighted by molar-refractivity contribution is -0.118. The summed E-state index contributed by atoms with van der Waals surface area (Å²) in [6.45, 7) is 7.78. The van der Waals surface area contributed by atoms with Crippen molar-refractivity contribution in [1.29, 1.82) is 0 Å². The van der Waals surface area contributed by atoms with Crippen molar-refractivity contribution in [3.05, 3.63) is 58.7 Å². The minimum atomic E-state index is -0.847. The van der Waals surface area contributed by atoms with Gasteiger partial charge in [-0.2, -0.15) is 0 Å². The molecule has 0 bridgehead atoms. The van der Waals surface area contributed by atoms with E-state index in [9.17, 15) is 14.8 Å². The summed E-state index contributed by atoms with van der Waals surface area (Å²) in [7, 11) is 0. The fourth-order valence-corrected chi connectivity index (χ4v) is 3.61. The highest BCUT2D eigenvalue weighted by Gasteiger charge is 2.43. The lowest BCUT2D eigenvalue weighted by Crippen LogP contribution is -2.30. The molecule has 1 fully saturated rings. The normalized spacial score (nSPS) is 18.2. The van der Waals surface area contributed by atoms with Crippen LogP contribution in [0.1, 0.15) is 22.3 Å². The van der Waals surface area contributed by atoms with E-state index in [2.05, 4.69) is 10.5 Å². The fraction of sp³-hybridized carbons (Fsp3) is 0.286. The Balaban J connectivity index is 1.92. The second kappa shape index (κ2) is 7.23. The number of para-hydroxylation sites is 2. The largest absolute Gasteiger partial charge is 0.410 e. The molecule has 6 nitrogen and oxygen atoms in total. The van der Waals surface area contributed by atoms with Crippen LogP contribution in [-0.2, 0) is 9.59 Å². The quantitative estimate of drug-likeness (QED) is 0.646. The molecule has 1 aliphatic heterocycles. The molecule has 0 spiro atoms. The third-order valence-corrected chi connectivity index (χ3v) is 5.02. The van der Waals surface area contributed by atoms with Gasteiger partial charge in [-0.05, 0) is 49.9 Å². The van der Waals surface area contributed by atoms with Crippen molar-refractivity contribution in [3.63, 3.8) is 0 Å². The molecule has 1 aliphatic rings. The lowest BCUT2D eigenvalue weighted by Gasteiger charge is -2.21. The second-order valence-electron chi connectivity index (χ2n) is 6.95. The number of oxime groups is 1. The number of hydrogen-bond donors (Lipinski definition) is 2. The molecular weight excluding hydrogens is 342 g/mol. The summed E-state index contributed by atoms with van der Waals surface area (Å²) in [5.74, 6) is -1.65. The van der Waals surface area contributed by atoms with Crippen LogP contribution in [-0.4, -0.2) is 29.3 Å². The molecule has 0 aliphatic carbocycles. The molecule has 1 unspecified atom stereocenters. The van der Waals surface area contributed by atoms with Gasteiger partial charge in [0, 0.05) is 17.9 Å². The van der Waals surface area contributed by atoms with E-state index in [4.69, 9.17) is 0 Å². The van der Waals surface area contributed by atoms with Crippen molar-refractivity contribution in [1.82, 2.24) is 0 Å². The SMILES string of the molecule is Cc1cccc(C)c1NC(=O)C1CN(c2c(C)cccc2C)C(=O)/C1=N\O. The van der Waals surface area contributed by atoms with Crippen LogP contribution in [0.4, 0.5) is 11.4 Å². The van der Waals surface area contributed by atoms with Crippen LogP contribution >= 0.6 is 0 Å². The molecule has 1 atom stereocenters. The molecule has 2 amide bonds. The molecule has 6 heteroatoms. The molecule has 1 heterocycles. The predicted octanol–water partition coefficient (Wildman–Crippen LogP) is 3.35. The number of hydrogen-bond acceptors (Lipinski definition) is 4. The van der Waals surface area contributed by atoms with Crippen LogP contribution in [0.25, 0.3) is 0 Å². The summed E-state index contributed by atoms with van der Waals surface area (Å²) in [4.78, 5) is 27.2. The lowest BCUT2D eigenvalue weighted by atomic mass is 10.0. The maximum atomic E-state index is 12.9. The second-order valence-corrected chi connectivity index (χ2v) is 6.95. The van der Waals surface area contributed by atoms with Crippen molar-refractivity contribution in [2.24, 2.45) is 11.1 Å². The summed E-state index contributed by atoms with van der Waals surface area (Å²) < 4.78 is 0. The zero-order chi connectivity index (χ0) is 19.7. The number of nitrogens with zero attached hydrogens (tertiary/aromatic N) is 2. The van der Waals surface area contributed by atoms with E-state index in [-0.39, 0.29) is 18.2 Å². The van der Waals surface area contributed by atoms with Crippen LogP contribution in [0.2, 0.25) is 0 Å². The standard InChI is InChI=1S/C21H23N3O3/c1-12-7-5-8-13(2)17(12)22-20(25)16-11-24(21(26)18(16)23-27)19-14(3)9-6-10-15(19)4/h5-10,16,27H,11H2,1-4H3,(H,22,25)/b23-18-. The molecular formula is C21H23N3O3. The average molecular weight is 365 g/mol. The van der Waals surface area contributed by atoms with Crippen molar-refractivity contribution in [2.75, 3.05) is 16.8 Å². The highest BCUT2D eigenvalue weighted by molar-refractivity contribution is 6.50. The first-order chi connectivity index (χ1) is 12.8. The number of rotatable bonds is 3. The molecule has 1 saturated heterocycles. The number of amides is 2. The Morgan fingerprint density at radius 2 is 1.56 bits per heavy atom. The van der Waals surface area contributed by atoms with Crippen LogP contribution in [0.5, 0.6) is 0 Å². The van der Waals surface area contributed by atoms with Crippen molar-refractivity contribution >= 4 is 28.9 Å². The van der Waals surface area contributed by atoms with Gasteiger partial charge < -0.3 is 15.4 Å². The molecule has 140 valence electrons. The van der Waals surface area contributed by atoms with Gasteiger partial charge in [0.25, 0.3) is 5.91 Å². The highest BCUT2D eigenvalue weighted by Crippen LogP contribution is 2.31. The molecule has 2 aromatic carbocycles. The Labute approximate surface area is 158 Å². The Hall–Kier alpha value is -3.15. The van der Waals surface area contributed by atoms with E-state index in [1.807, 2.05) is 64.1 Å². The molecule has 2 N–H and O–H groups in total. The Kier molecular flexibility index (Phi) is 4.99. The average Bonchev–Trinajstić information content (AvgIpc) is 2.94. The van der Waals surface area contributed by atoms with E-state index in [1.54, 1.807) is 0 Å². The van der Waals surface area contributed by atoms with Gasteiger partial charge in [0.1, 0.15) is 5.92 Å². The summed E-state index contributed by atoms with van der Waals surface area (Å²) in [5.41, 5.74) is 5.06. The maximum Gasteiger partial charge on any atom is 0.277 e. The minimum absolute atomic E-state index is 0.138. The first-order valence-electron chi connectivity index (χ1n) is 8.82. The molecule has 3 rings (SSSR count). The molecule has 2 aromatic rings. The van der Waals surface area contributed by atoms with Crippen LogP contribution < -0.4 is 10.2 Å². The molecule has 27 heavy (non-hydrogen) atoms. The maximum absolute atomic E-state index is 12.9. The Morgan fingerprint density at radius 1 is 1.04 bits per heavy atom. The van der Waals surface area contributed by atoms with Crippen molar-refractivity contribution < 1.29 is 14.8 Å². The van der Waals surface area contributed by atoms with Gasteiger partial charge in [-0.1, -0.05) is 41.6 Å². The van der Waals surface area contributed by atoms with Gasteiger partial charge in [-0.15, -0.1) is 0 Å². The summed E-state index contributed by atoms with van der Waals surface area (Å²) >= 11 is 0. The smallest absolute Gasteiger partial charge is 0.277 e. The predicted molar refractivity (Wildman–Crippen MR) is 106 cm³/mol. The first-order valence-corrected chi connectivity index (χ1v) is 8.82. The zero-order valence-corrected chi connectivity index (χ0v) is 15.9. The minimum Gasteiger partial charge on any atom is -0.410 e. The number of carbonyl (C=O) groups is 2. The number of aryl methyl sites for hydroxylation is 4. The Morgan fingerprint density at radius 3 is 2.07 bits per heavy atom. The number of carbonyl (C=O) groups excluding carboxylic acids is 2. The van der Waals surface area contributed by atoms with Gasteiger partial charge in [0.05, 0.1) is 0 Å². The number of benzene rings is 2. The third kappa shape index (κ3) is 3.30. The topological polar surface area (TPSA) is 82.0 Å². The third-order valence-electron chi connectivity index (χ3n) is 5.02. The van der Waals surface area contributed by atoms with Crippen LogP contribution in [0.3, 0.4) is 0 Å². The van der Waals surface area contributed by atoms with Crippen LogP contribution in [0, 0.1) is 33.6 Å². The summed E-state index contributed by atoms with van der Waals surface area (Å²) in [6.07, 6.45) is 0. The van der Waals surface area contributed by atoms with E-state index >= 15 is 0 Å². The van der Waals surface area contributed by atoms with Gasteiger partial charge in [-0.3, -0.25) is 9.59 Å². The van der Waals surface area contributed by atoms with Gasteiger partial charge in [0.15, 0.2) is 5.71 Å². The van der Waals surface area contributed by atoms with E-state index in [0.29, 0.717) is 0 Å². The van der Waals surface area contributed by atoms with E-state index in [0.717, 1.165) is 33.6 Å². The zero-order valence-electron chi connectivity index (χ0n) is 15.9.